The van der Waals surface area contributed by atoms with Crippen LogP contribution in [-0.4, -0.2) is 12.6 Å². The normalized spacial score (nSPS) is 13.2. The van der Waals surface area contributed by atoms with E-state index in [-0.39, 0.29) is 11.9 Å². The monoisotopic (exact) mass is 452 g/mol. The van der Waals surface area contributed by atoms with Crippen molar-refractivity contribution in [3.05, 3.63) is 0 Å². The van der Waals surface area contributed by atoms with Crippen molar-refractivity contribution in [3.63, 3.8) is 0 Å². The maximum absolute atomic E-state index is 12.4. The third-order valence-electron chi connectivity index (χ3n) is 7.04. The molecule has 192 valence electrons. The van der Waals surface area contributed by atoms with Crippen LogP contribution in [0.1, 0.15) is 169 Å². The van der Waals surface area contributed by atoms with Crippen molar-refractivity contribution >= 4 is 5.97 Å². The quantitative estimate of drug-likeness (QED) is 0.102. The van der Waals surface area contributed by atoms with Crippen LogP contribution in [0.2, 0.25) is 0 Å². The molecule has 2 atom stereocenters. The third-order valence-corrected chi connectivity index (χ3v) is 7.04. The Kier molecular flexibility index (Phi) is 24.7. The first-order valence-electron chi connectivity index (χ1n) is 14.8. The Labute approximate surface area is 203 Å². The van der Waals surface area contributed by atoms with Crippen LogP contribution in [-0.2, 0) is 9.53 Å². The predicted octanol–water partition coefficient (Wildman–Crippen LogP) is 10.4. The van der Waals surface area contributed by atoms with Crippen LogP contribution < -0.4 is 0 Å². The van der Waals surface area contributed by atoms with Gasteiger partial charge in [0.15, 0.2) is 0 Å². The van der Waals surface area contributed by atoms with E-state index in [0.29, 0.717) is 12.5 Å². The highest BCUT2D eigenvalue weighted by Gasteiger charge is 2.17. The lowest BCUT2D eigenvalue weighted by Crippen LogP contribution is -2.19. The second-order valence-corrected chi connectivity index (χ2v) is 10.4. The Morgan fingerprint density at radius 1 is 0.531 bits per heavy atom. The summed E-state index contributed by atoms with van der Waals surface area (Å²) in [5, 5.41) is 0. The SMILES string of the molecule is CCCCCCCCCCCCCCCCC(C)C(=O)OCC(CCCC)CCCCC. The van der Waals surface area contributed by atoms with Gasteiger partial charge in [0.2, 0.25) is 0 Å². The van der Waals surface area contributed by atoms with E-state index >= 15 is 0 Å². The molecule has 0 N–H and O–H groups in total. The number of carbonyl (C=O) groups excluding carboxylic acids is 1. The van der Waals surface area contributed by atoms with E-state index in [1.807, 2.05) is 0 Å². The van der Waals surface area contributed by atoms with Gasteiger partial charge in [-0.1, -0.05) is 150 Å². The summed E-state index contributed by atoms with van der Waals surface area (Å²) in [6.07, 6.45) is 29.1. The van der Waals surface area contributed by atoms with Gasteiger partial charge in [-0.25, -0.2) is 0 Å². The minimum Gasteiger partial charge on any atom is -0.465 e. The smallest absolute Gasteiger partial charge is 0.308 e. The van der Waals surface area contributed by atoms with E-state index in [1.54, 1.807) is 0 Å². The molecule has 0 aromatic rings. The van der Waals surface area contributed by atoms with Gasteiger partial charge < -0.3 is 4.74 Å². The third kappa shape index (κ3) is 21.3. The van der Waals surface area contributed by atoms with Crippen LogP contribution in [0.15, 0.2) is 0 Å². The van der Waals surface area contributed by atoms with Crippen molar-refractivity contribution in [2.24, 2.45) is 11.8 Å². The molecule has 0 bridgehead atoms. The van der Waals surface area contributed by atoms with Gasteiger partial charge in [0, 0.05) is 0 Å². The first kappa shape index (κ1) is 31.5. The summed E-state index contributed by atoms with van der Waals surface area (Å²) >= 11 is 0. The first-order valence-corrected chi connectivity index (χ1v) is 14.8. The van der Waals surface area contributed by atoms with Gasteiger partial charge in [0.25, 0.3) is 0 Å². The molecule has 2 unspecified atom stereocenters. The molecule has 0 heterocycles. The largest absolute Gasteiger partial charge is 0.465 e. The average molecular weight is 453 g/mol. The van der Waals surface area contributed by atoms with E-state index in [1.165, 1.54) is 135 Å². The van der Waals surface area contributed by atoms with Crippen molar-refractivity contribution in [1.29, 1.82) is 0 Å². The van der Waals surface area contributed by atoms with Gasteiger partial charge in [-0.3, -0.25) is 4.79 Å². The highest BCUT2D eigenvalue weighted by Crippen LogP contribution is 2.19. The molecule has 0 saturated carbocycles. The zero-order chi connectivity index (χ0) is 23.7. The summed E-state index contributed by atoms with van der Waals surface area (Å²) in [6, 6.07) is 0. The summed E-state index contributed by atoms with van der Waals surface area (Å²) in [4.78, 5) is 12.4. The van der Waals surface area contributed by atoms with Crippen molar-refractivity contribution in [2.45, 2.75) is 169 Å². The highest BCUT2D eigenvalue weighted by atomic mass is 16.5. The number of unbranched alkanes of at least 4 members (excludes halogenated alkanes) is 16. The highest BCUT2D eigenvalue weighted by molar-refractivity contribution is 5.71. The van der Waals surface area contributed by atoms with Gasteiger partial charge in [-0.2, -0.15) is 0 Å². The molecule has 32 heavy (non-hydrogen) atoms. The fourth-order valence-electron chi connectivity index (χ4n) is 4.59. The van der Waals surface area contributed by atoms with Crippen LogP contribution >= 0.6 is 0 Å². The number of ether oxygens (including phenoxy) is 1. The Bertz CT molecular complexity index is 379. The molecule has 0 aromatic heterocycles. The molecule has 0 aliphatic rings. The first-order chi connectivity index (χ1) is 15.7. The molecule has 0 rings (SSSR count). The van der Waals surface area contributed by atoms with Gasteiger partial charge in [-0.05, 0) is 25.2 Å². The Balaban J connectivity index is 3.61. The molecule has 0 fully saturated rings. The molecule has 0 aliphatic carbocycles. The molecular formula is C30H60O2. The predicted molar refractivity (Wildman–Crippen MR) is 142 cm³/mol. The van der Waals surface area contributed by atoms with Gasteiger partial charge >= 0.3 is 5.97 Å². The Morgan fingerprint density at radius 2 is 0.906 bits per heavy atom. The minimum absolute atomic E-state index is 0.0386. The van der Waals surface area contributed by atoms with Gasteiger partial charge in [0.1, 0.15) is 0 Å². The van der Waals surface area contributed by atoms with Gasteiger partial charge in [0.05, 0.1) is 12.5 Å². The van der Waals surface area contributed by atoms with Crippen LogP contribution in [0.25, 0.3) is 0 Å². The van der Waals surface area contributed by atoms with Crippen molar-refractivity contribution < 1.29 is 9.53 Å². The fourth-order valence-corrected chi connectivity index (χ4v) is 4.59. The van der Waals surface area contributed by atoms with E-state index in [4.69, 9.17) is 4.74 Å². The van der Waals surface area contributed by atoms with E-state index < -0.39 is 0 Å². The molecule has 2 heteroatoms. The van der Waals surface area contributed by atoms with Crippen molar-refractivity contribution in [3.8, 4) is 0 Å². The zero-order valence-electron chi connectivity index (χ0n) is 22.7. The second-order valence-electron chi connectivity index (χ2n) is 10.4. The molecule has 2 nitrogen and oxygen atoms in total. The molecule has 0 radical (unpaired) electrons. The van der Waals surface area contributed by atoms with E-state index in [9.17, 15) is 4.79 Å². The fraction of sp³-hybridized carbons (Fsp3) is 0.967. The zero-order valence-corrected chi connectivity index (χ0v) is 22.7. The minimum atomic E-state index is 0.0386. The van der Waals surface area contributed by atoms with Crippen molar-refractivity contribution in [1.82, 2.24) is 0 Å². The average Bonchev–Trinajstić information content (AvgIpc) is 2.80. The van der Waals surface area contributed by atoms with Crippen LogP contribution in [0.3, 0.4) is 0 Å². The lowest BCUT2D eigenvalue weighted by Gasteiger charge is -2.18. The number of carbonyl (C=O) groups is 1. The maximum Gasteiger partial charge on any atom is 0.308 e. The number of hydrogen-bond donors (Lipinski definition) is 0. The number of rotatable bonds is 25. The summed E-state index contributed by atoms with van der Waals surface area (Å²) in [5.41, 5.74) is 0. The van der Waals surface area contributed by atoms with E-state index in [2.05, 4.69) is 27.7 Å². The Morgan fingerprint density at radius 3 is 1.41 bits per heavy atom. The standard InChI is InChI=1S/C30H60O2/c1-5-8-11-12-13-14-15-16-17-18-19-20-21-23-24-28(4)30(31)32-27-29(25-10-7-3)26-22-9-6-2/h28-29H,5-27H2,1-4H3. The molecule has 0 spiro atoms. The van der Waals surface area contributed by atoms with Gasteiger partial charge in [-0.15, -0.1) is 0 Å². The Hall–Kier alpha value is -0.530. The number of hydrogen-bond acceptors (Lipinski definition) is 2. The van der Waals surface area contributed by atoms with Crippen LogP contribution in [0, 0.1) is 11.8 Å². The second kappa shape index (κ2) is 25.1. The summed E-state index contributed by atoms with van der Waals surface area (Å²) in [7, 11) is 0. The van der Waals surface area contributed by atoms with Crippen LogP contribution in [0.5, 0.6) is 0 Å². The number of esters is 1. The van der Waals surface area contributed by atoms with Crippen LogP contribution in [0.4, 0.5) is 0 Å². The maximum atomic E-state index is 12.4. The van der Waals surface area contributed by atoms with E-state index in [0.717, 1.165) is 6.42 Å². The molecule has 0 amide bonds. The lowest BCUT2D eigenvalue weighted by atomic mass is 9.96. The molecular weight excluding hydrogens is 392 g/mol. The lowest BCUT2D eigenvalue weighted by molar-refractivity contribution is -0.149. The topological polar surface area (TPSA) is 26.3 Å². The summed E-state index contributed by atoms with van der Waals surface area (Å²) in [6.45, 7) is 9.48. The molecule has 0 aromatic carbocycles. The van der Waals surface area contributed by atoms with Crippen molar-refractivity contribution in [2.75, 3.05) is 6.61 Å². The summed E-state index contributed by atoms with van der Waals surface area (Å²) < 4.78 is 5.72. The molecule has 0 saturated heterocycles. The molecule has 0 aliphatic heterocycles. The summed E-state index contributed by atoms with van der Waals surface area (Å²) in [5.74, 6) is 0.671.